The van der Waals surface area contributed by atoms with Crippen LogP contribution in [0.3, 0.4) is 0 Å². The lowest BCUT2D eigenvalue weighted by Crippen LogP contribution is -2.00. The molecule has 4 aromatic rings. The van der Waals surface area contributed by atoms with Gasteiger partial charge in [0.2, 0.25) is 0 Å². The van der Waals surface area contributed by atoms with Crippen LogP contribution >= 0.6 is 23.3 Å². The molecule has 4 rings (SSSR count). The van der Waals surface area contributed by atoms with Gasteiger partial charge in [-0.1, -0.05) is 32.0 Å². The first-order valence-corrected chi connectivity index (χ1v) is 12.0. The maximum atomic E-state index is 11.5. The number of aldehydes is 1. The Labute approximate surface area is 206 Å². The fraction of sp³-hybridized carbons (Fsp3) is 0.167. The molecular weight excluding hydrogens is 474 g/mol. The van der Waals surface area contributed by atoms with E-state index in [1.807, 2.05) is 32.0 Å². The third-order valence-electron chi connectivity index (χ3n) is 4.52. The second-order valence-electron chi connectivity index (χ2n) is 6.43. The Balaban J connectivity index is 0.000000266. The highest BCUT2D eigenvalue weighted by atomic mass is 32.2. The number of fused-ring (bicyclic) bond motifs is 1. The zero-order valence-corrected chi connectivity index (χ0v) is 20.9. The number of carboxylic acid groups (broad SMARTS) is 1. The molecule has 0 saturated heterocycles. The largest absolute Gasteiger partial charge is 0.493 e. The zero-order chi connectivity index (χ0) is 25.3. The molecule has 0 amide bonds. The molecule has 2 aromatic heterocycles. The van der Waals surface area contributed by atoms with Crippen LogP contribution in [0.15, 0.2) is 57.2 Å². The van der Waals surface area contributed by atoms with Crippen LogP contribution in [0.4, 0.5) is 11.4 Å². The maximum Gasteiger partial charge on any atom is 0.339 e. The molecule has 0 atom stereocenters. The zero-order valence-electron chi connectivity index (χ0n) is 19.2. The Kier molecular flexibility index (Phi) is 9.99. The number of anilines is 2. The minimum atomic E-state index is -0.983. The van der Waals surface area contributed by atoms with Crippen molar-refractivity contribution in [3.05, 3.63) is 59.0 Å². The maximum absolute atomic E-state index is 11.5. The van der Waals surface area contributed by atoms with Crippen LogP contribution in [-0.4, -0.2) is 31.5 Å². The van der Waals surface area contributed by atoms with Gasteiger partial charge in [-0.3, -0.25) is 9.93 Å². The highest BCUT2D eigenvalue weighted by molar-refractivity contribution is 7.97. The average Bonchev–Trinajstić information content (AvgIpc) is 3.49. The van der Waals surface area contributed by atoms with Crippen molar-refractivity contribution in [3.63, 3.8) is 0 Å². The van der Waals surface area contributed by atoms with Crippen LogP contribution in [0.5, 0.6) is 5.75 Å². The molecule has 0 spiro atoms. The number of para-hydroxylation sites is 1. The standard InChI is InChI=1S/C15H13NO4S.C7H8N2OS.C2H6/c1-16-9-7-21-14(12(9)15(17)18)11-6-8-4-3-5-10(19-2)13(8)20-11;8-6-3-5(4-10)1-2-7(6)11-9;1-2/h3-7,16H,1-2H3,(H,17,18);1-4H,8-9H2;1-2H3. The predicted molar refractivity (Wildman–Crippen MR) is 140 cm³/mol. The van der Waals surface area contributed by atoms with E-state index in [0.29, 0.717) is 38.9 Å². The smallest absolute Gasteiger partial charge is 0.339 e. The van der Waals surface area contributed by atoms with E-state index in [4.69, 9.17) is 20.0 Å². The summed E-state index contributed by atoms with van der Waals surface area (Å²) in [5.41, 5.74) is 8.08. The molecular formula is C24H27N3O5S2. The number of aromatic carboxylic acids is 1. The molecule has 0 fully saturated rings. The third kappa shape index (κ3) is 5.90. The summed E-state index contributed by atoms with van der Waals surface area (Å²) >= 11 is 2.41. The van der Waals surface area contributed by atoms with Gasteiger partial charge in [-0.25, -0.2) is 4.79 Å². The number of nitrogens with two attached hydrogens (primary N) is 2. The number of carbonyl (C=O) groups excluding carboxylic acids is 1. The molecule has 180 valence electrons. The van der Waals surface area contributed by atoms with E-state index in [2.05, 4.69) is 5.32 Å². The number of ether oxygens (including phenoxy) is 1. The van der Waals surface area contributed by atoms with E-state index in [0.717, 1.165) is 28.5 Å². The van der Waals surface area contributed by atoms with Crippen molar-refractivity contribution in [1.82, 2.24) is 0 Å². The van der Waals surface area contributed by atoms with E-state index >= 15 is 0 Å². The number of nitrogens with one attached hydrogen (secondary N) is 1. The first-order valence-electron chi connectivity index (χ1n) is 10.2. The highest BCUT2D eigenvalue weighted by Gasteiger charge is 2.22. The van der Waals surface area contributed by atoms with Crippen molar-refractivity contribution in [1.29, 1.82) is 0 Å². The molecule has 0 unspecified atom stereocenters. The fourth-order valence-electron chi connectivity index (χ4n) is 2.99. The number of rotatable bonds is 6. The summed E-state index contributed by atoms with van der Waals surface area (Å²) in [6, 6.07) is 12.4. The summed E-state index contributed by atoms with van der Waals surface area (Å²) in [4.78, 5) is 23.1. The minimum absolute atomic E-state index is 0.223. The van der Waals surface area contributed by atoms with Gasteiger partial charge in [-0.05, 0) is 36.2 Å². The topological polar surface area (TPSA) is 141 Å². The average molecular weight is 502 g/mol. The van der Waals surface area contributed by atoms with Crippen LogP contribution < -0.4 is 20.9 Å². The molecule has 2 heterocycles. The molecule has 2 aromatic carbocycles. The van der Waals surface area contributed by atoms with Crippen molar-refractivity contribution in [2.45, 2.75) is 18.7 Å². The van der Waals surface area contributed by atoms with Crippen molar-refractivity contribution in [3.8, 4) is 16.4 Å². The van der Waals surface area contributed by atoms with Gasteiger partial charge in [0, 0.05) is 34.0 Å². The first kappa shape index (κ1) is 26.8. The number of hydrogen-bond donors (Lipinski definition) is 4. The summed E-state index contributed by atoms with van der Waals surface area (Å²) in [7, 11) is 3.27. The Morgan fingerprint density at radius 1 is 1.24 bits per heavy atom. The fourth-order valence-corrected chi connectivity index (χ4v) is 4.34. The van der Waals surface area contributed by atoms with E-state index < -0.39 is 5.97 Å². The van der Waals surface area contributed by atoms with Crippen molar-refractivity contribution in [2.24, 2.45) is 5.14 Å². The highest BCUT2D eigenvalue weighted by Crippen LogP contribution is 2.40. The molecule has 0 aliphatic heterocycles. The number of furan rings is 1. The molecule has 6 N–H and O–H groups in total. The van der Waals surface area contributed by atoms with Gasteiger partial charge in [0.15, 0.2) is 11.3 Å². The SMILES string of the molecule is CC.CNc1csc(-c2cc3cccc(OC)c3o2)c1C(=O)O.NSc1ccc(C=O)cc1N. The lowest BCUT2D eigenvalue weighted by atomic mass is 10.2. The van der Waals surface area contributed by atoms with Crippen LogP contribution in [0.1, 0.15) is 34.6 Å². The summed E-state index contributed by atoms with van der Waals surface area (Å²) in [5, 5.41) is 20.2. The Morgan fingerprint density at radius 3 is 2.53 bits per heavy atom. The first-order chi connectivity index (χ1) is 16.4. The predicted octanol–water partition coefficient (Wildman–Crippen LogP) is 5.98. The molecule has 0 aliphatic carbocycles. The molecule has 34 heavy (non-hydrogen) atoms. The van der Waals surface area contributed by atoms with Crippen LogP contribution in [0, 0.1) is 0 Å². The van der Waals surface area contributed by atoms with Crippen molar-refractivity contribution >= 4 is 57.9 Å². The summed E-state index contributed by atoms with van der Waals surface area (Å²) in [6.07, 6.45) is 0.751. The van der Waals surface area contributed by atoms with Crippen molar-refractivity contribution in [2.75, 3.05) is 25.2 Å². The Morgan fingerprint density at radius 2 is 1.97 bits per heavy atom. The number of hydrogen-bond acceptors (Lipinski definition) is 9. The van der Waals surface area contributed by atoms with E-state index in [9.17, 15) is 14.7 Å². The normalized spacial score (nSPS) is 9.91. The number of carboxylic acids is 1. The number of methoxy groups -OCH3 is 1. The second-order valence-corrected chi connectivity index (χ2v) is 7.99. The number of benzene rings is 2. The van der Waals surface area contributed by atoms with Gasteiger partial charge in [0.25, 0.3) is 0 Å². The summed E-state index contributed by atoms with van der Waals surface area (Å²) < 4.78 is 11.1. The van der Waals surface area contributed by atoms with Gasteiger partial charge < -0.3 is 25.3 Å². The van der Waals surface area contributed by atoms with Crippen LogP contribution in [0.25, 0.3) is 21.6 Å². The molecule has 0 radical (unpaired) electrons. The molecule has 0 aliphatic rings. The van der Waals surface area contributed by atoms with E-state index in [-0.39, 0.29) is 5.56 Å². The van der Waals surface area contributed by atoms with Crippen LogP contribution in [-0.2, 0) is 0 Å². The molecule has 0 saturated carbocycles. The third-order valence-corrected chi connectivity index (χ3v) is 6.14. The lowest BCUT2D eigenvalue weighted by molar-refractivity contribution is 0.0699. The van der Waals surface area contributed by atoms with Gasteiger partial charge in [-0.15, -0.1) is 11.3 Å². The van der Waals surface area contributed by atoms with Gasteiger partial charge in [0.1, 0.15) is 17.6 Å². The van der Waals surface area contributed by atoms with E-state index in [1.165, 1.54) is 11.3 Å². The Bertz CT molecular complexity index is 1270. The second kappa shape index (κ2) is 12.7. The quantitative estimate of drug-likeness (QED) is 0.142. The monoisotopic (exact) mass is 501 g/mol. The minimum Gasteiger partial charge on any atom is -0.493 e. The number of nitrogen functional groups attached to an aromatic ring is 1. The lowest BCUT2D eigenvalue weighted by Gasteiger charge is -2.00. The van der Waals surface area contributed by atoms with Gasteiger partial charge in [0.05, 0.1) is 17.7 Å². The summed E-state index contributed by atoms with van der Waals surface area (Å²) in [5.74, 6) is 0.169. The van der Waals surface area contributed by atoms with Crippen LogP contribution in [0.2, 0.25) is 0 Å². The van der Waals surface area contributed by atoms with Crippen molar-refractivity contribution < 1.29 is 23.8 Å². The number of thiophene rings is 1. The molecule has 8 nitrogen and oxygen atoms in total. The Hall–Kier alpha value is -3.47. The van der Waals surface area contributed by atoms with Gasteiger partial charge in [-0.2, -0.15) is 0 Å². The molecule has 10 heteroatoms. The van der Waals surface area contributed by atoms with E-state index in [1.54, 1.807) is 43.8 Å². The van der Waals surface area contributed by atoms with Gasteiger partial charge >= 0.3 is 5.97 Å². The molecule has 0 bridgehead atoms. The number of carbonyl (C=O) groups is 2. The summed E-state index contributed by atoms with van der Waals surface area (Å²) in [6.45, 7) is 4.00.